The van der Waals surface area contributed by atoms with Crippen molar-refractivity contribution in [1.82, 2.24) is 0 Å². The van der Waals surface area contributed by atoms with Crippen molar-refractivity contribution < 1.29 is 65.4 Å². The first-order chi connectivity index (χ1) is 3.64. The van der Waals surface area contributed by atoms with E-state index in [2.05, 4.69) is 27.7 Å². The van der Waals surface area contributed by atoms with Gasteiger partial charge in [-0.25, -0.2) is 0 Å². The van der Waals surface area contributed by atoms with E-state index < -0.39 is 0 Å². The second-order valence-electron chi connectivity index (χ2n) is 2.49. The number of hydrogen-bond donors (Lipinski definition) is 0. The minimum atomic E-state index is 0. The number of rotatable bonds is 1. The molecular formula is C9H23Y2-. The van der Waals surface area contributed by atoms with Crippen molar-refractivity contribution in [3.8, 4) is 0 Å². The molecule has 0 aromatic heterocycles. The quantitative estimate of drug-likeness (QED) is 0.647. The fourth-order valence-electron chi connectivity index (χ4n) is 0. The Labute approximate surface area is 124 Å². The van der Waals surface area contributed by atoms with Gasteiger partial charge in [-0.05, 0) is 11.8 Å². The minimum absolute atomic E-state index is 0. The topological polar surface area (TPSA) is 0 Å². The van der Waals surface area contributed by atoms with Crippen molar-refractivity contribution in [1.29, 1.82) is 0 Å². The molecule has 0 aromatic rings. The van der Waals surface area contributed by atoms with Gasteiger partial charge in [0.05, 0.1) is 0 Å². The first-order valence-corrected chi connectivity index (χ1v) is 3.64. The average Bonchev–Trinajstić information content (AvgIpc) is 1.72. The van der Waals surface area contributed by atoms with E-state index in [-0.39, 0.29) is 72.8 Å². The molecule has 0 fully saturated rings. The van der Waals surface area contributed by atoms with Crippen LogP contribution in [0.2, 0.25) is 0 Å². The molecule has 0 aliphatic rings. The molecule has 0 rings (SSSR count). The van der Waals surface area contributed by atoms with Gasteiger partial charge in [-0.1, -0.05) is 41.5 Å². The third-order valence-electron chi connectivity index (χ3n) is 1.33. The molecule has 0 nitrogen and oxygen atoms in total. The minimum Gasteiger partial charge on any atom is -0.358 e. The molecule has 0 saturated heterocycles. The zero-order valence-electron chi connectivity index (χ0n) is 9.31. The first-order valence-electron chi connectivity index (χ1n) is 3.64. The molecule has 0 atom stereocenters. The summed E-state index contributed by atoms with van der Waals surface area (Å²) in [5.41, 5.74) is 0. The van der Waals surface area contributed by atoms with Crippen molar-refractivity contribution in [3.63, 3.8) is 0 Å². The van der Waals surface area contributed by atoms with Crippen molar-refractivity contribution in [2.24, 2.45) is 11.8 Å². The molecule has 0 N–H and O–H groups in total. The van der Waals surface area contributed by atoms with E-state index in [0.717, 1.165) is 11.8 Å². The van der Waals surface area contributed by atoms with E-state index in [1.165, 1.54) is 0 Å². The molecule has 2 heteroatoms. The van der Waals surface area contributed by atoms with Gasteiger partial charge >= 0.3 is 0 Å². The van der Waals surface area contributed by atoms with E-state index in [1.54, 1.807) is 0 Å². The largest absolute Gasteiger partial charge is 0.358 e. The Hall–Kier alpha value is 2.21. The molecule has 0 unspecified atom stereocenters. The average molecular weight is 309 g/mol. The van der Waals surface area contributed by atoms with Gasteiger partial charge in [-0.3, -0.25) is 0 Å². The third kappa shape index (κ3) is 33.0. The van der Waals surface area contributed by atoms with Crippen LogP contribution in [0, 0.1) is 19.3 Å². The summed E-state index contributed by atoms with van der Waals surface area (Å²) in [4.78, 5) is 0. The summed E-state index contributed by atoms with van der Waals surface area (Å²) in [7, 11) is 0. The Morgan fingerprint density at radius 2 is 0.727 bits per heavy atom. The van der Waals surface area contributed by atoms with Gasteiger partial charge in [0, 0.05) is 65.4 Å². The Kier molecular flexibility index (Phi) is 60.5. The zero-order valence-corrected chi connectivity index (χ0v) is 15.0. The summed E-state index contributed by atoms with van der Waals surface area (Å²) in [5.74, 6) is 1.70. The SMILES string of the molecule is CC.CC(C)C(C)C.[CH3-].[Y].[Y]. The summed E-state index contributed by atoms with van der Waals surface area (Å²) in [5, 5.41) is 0. The van der Waals surface area contributed by atoms with Crippen LogP contribution >= 0.6 is 0 Å². The van der Waals surface area contributed by atoms with Crippen molar-refractivity contribution >= 4 is 0 Å². The van der Waals surface area contributed by atoms with Crippen LogP contribution in [0.1, 0.15) is 41.5 Å². The molecule has 0 spiro atoms. The summed E-state index contributed by atoms with van der Waals surface area (Å²) >= 11 is 0. The van der Waals surface area contributed by atoms with Gasteiger partial charge in [-0.2, -0.15) is 0 Å². The number of hydrogen-bond acceptors (Lipinski definition) is 0. The van der Waals surface area contributed by atoms with Crippen LogP contribution in [-0.4, -0.2) is 0 Å². The molecule has 0 bridgehead atoms. The molecular weight excluding hydrogens is 286 g/mol. The standard InChI is InChI=1S/C6H14.C2H6.CH3.2Y/c1-5(2)6(3)4;1-2;;;/h5-6H,1-4H3;1-2H3;1H3;;/q;;-1;;. The molecule has 11 heavy (non-hydrogen) atoms. The maximum Gasteiger partial charge on any atom is 0 e. The van der Waals surface area contributed by atoms with Crippen LogP contribution in [0.4, 0.5) is 0 Å². The van der Waals surface area contributed by atoms with Gasteiger partial charge in [0.25, 0.3) is 0 Å². The van der Waals surface area contributed by atoms with E-state index >= 15 is 0 Å². The first kappa shape index (κ1) is 29.2. The van der Waals surface area contributed by atoms with E-state index in [1.807, 2.05) is 13.8 Å². The zero-order chi connectivity index (χ0) is 7.15. The molecule has 0 aromatic carbocycles. The van der Waals surface area contributed by atoms with Crippen LogP contribution in [0.3, 0.4) is 0 Å². The Morgan fingerprint density at radius 3 is 0.727 bits per heavy atom. The summed E-state index contributed by atoms with van der Waals surface area (Å²) in [6.07, 6.45) is 0. The summed E-state index contributed by atoms with van der Waals surface area (Å²) < 4.78 is 0. The summed E-state index contributed by atoms with van der Waals surface area (Å²) in [6.45, 7) is 13.0. The molecule has 0 saturated carbocycles. The predicted octanol–water partition coefficient (Wildman–Crippen LogP) is 3.77. The van der Waals surface area contributed by atoms with Gasteiger partial charge in [-0.15, -0.1) is 0 Å². The second kappa shape index (κ2) is 22.8. The van der Waals surface area contributed by atoms with Crippen LogP contribution < -0.4 is 0 Å². The van der Waals surface area contributed by atoms with Gasteiger partial charge in [0.1, 0.15) is 0 Å². The Bertz CT molecular complexity index is 28.5. The molecule has 0 heterocycles. The van der Waals surface area contributed by atoms with E-state index in [0.29, 0.717) is 0 Å². The second-order valence-corrected chi connectivity index (χ2v) is 2.49. The van der Waals surface area contributed by atoms with Crippen LogP contribution in [0.5, 0.6) is 0 Å². The molecule has 2 radical (unpaired) electrons. The van der Waals surface area contributed by atoms with Gasteiger partial charge in [0.2, 0.25) is 0 Å². The van der Waals surface area contributed by atoms with Crippen LogP contribution in [0.25, 0.3) is 0 Å². The molecule has 0 aliphatic heterocycles. The van der Waals surface area contributed by atoms with Crippen molar-refractivity contribution in [2.75, 3.05) is 0 Å². The maximum absolute atomic E-state index is 2.24. The fraction of sp³-hybridized carbons (Fsp3) is 0.889. The van der Waals surface area contributed by atoms with Gasteiger partial charge < -0.3 is 7.43 Å². The molecule has 0 amide bonds. The van der Waals surface area contributed by atoms with E-state index in [9.17, 15) is 0 Å². The smallest absolute Gasteiger partial charge is 0 e. The predicted molar refractivity (Wildman–Crippen MR) is 47.4 cm³/mol. The van der Waals surface area contributed by atoms with Crippen LogP contribution in [0.15, 0.2) is 0 Å². The van der Waals surface area contributed by atoms with Crippen LogP contribution in [-0.2, 0) is 65.4 Å². The van der Waals surface area contributed by atoms with E-state index in [4.69, 9.17) is 0 Å². The van der Waals surface area contributed by atoms with Crippen molar-refractivity contribution in [3.05, 3.63) is 7.43 Å². The van der Waals surface area contributed by atoms with Gasteiger partial charge in [0.15, 0.2) is 0 Å². The fourth-order valence-corrected chi connectivity index (χ4v) is 0. The monoisotopic (exact) mass is 309 g/mol. The Morgan fingerprint density at radius 1 is 0.636 bits per heavy atom. The maximum atomic E-state index is 2.24. The normalized spacial score (nSPS) is 6.55. The Balaban J connectivity index is -0.0000000222. The molecule has 0 aliphatic carbocycles. The summed E-state index contributed by atoms with van der Waals surface area (Å²) in [6, 6.07) is 0. The van der Waals surface area contributed by atoms with Crippen molar-refractivity contribution in [2.45, 2.75) is 41.5 Å². The molecule has 66 valence electrons. The third-order valence-corrected chi connectivity index (χ3v) is 1.33.